The molecule has 4 aromatic rings. The zero-order valence-electron chi connectivity index (χ0n) is 17.5. The van der Waals surface area contributed by atoms with E-state index in [2.05, 4.69) is 45.8 Å². The molecule has 0 spiro atoms. The van der Waals surface area contributed by atoms with Crippen molar-refractivity contribution < 1.29 is 4.79 Å². The third kappa shape index (κ3) is 3.03. The molecule has 0 saturated heterocycles. The number of fused-ring (bicyclic) bond motifs is 2. The van der Waals surface area contributed by atoms with E-state index in [1.807, 2.05) is 31.2 Å². The largest absolute Gasteiger partial charge is 0.383 e. The summed E-state index contributed by atoms with van der Waals surface area (Å²) in [5.41, 5.74) is 15.1. The Labute approximate surface area is 189 Å². The second kappa shape index (κ2) is 7.14. The number of carbonyl (C=O) groups excluding carboxylic acids is 1. The Morgan fingerprint density at radius 3 is 2.84 bits per heavy atom. The molecule has 0 radical (unpaired) electrons. The first-order valence-corrected chi connectivity index (χ1v) is 11.4. The molecule has 1 aliphatic carbocycles. The predicted molar refractivity (Wildman–Crippen MR) is 130 cm³/mol. The van der Waals surface area contributed by atoms with Crippen molar-refractivity contribution in [1.29, 1.82) is 0 Å². The molecule has 156 valence electrons. The van der Waals surface area contributed by atoms with Gasteiger partial charge in [-0.05, 0) is 71.0 Å². The van der Waals surface area contributed by atoms with Gasteiger partial charge in [0.15, 0.2) is 5.78 Å². The highest BCUT2D eigenvalue weighted by atomic mass is 32.1. The van der Waals surface area contributed by atoms with Crippen molar-refractivity contribution in [3.63, 3.8) is 0 Å². The summed E-state index contributed by atoms with van der Waals surface area (Å²) in [6, 6.07) is 16.5. The number of rotatable bonds is 4. The summed E-state index contributed by atoms with van der Waals surface area (Å²) >= 11 is 1.72. The first-order chi connectivity index (χ1) is 15.6. The van der Waals surface area contributed by atoms with Crippen LogP contribution in [0.1, 0.15) is 34.0 Å². The number of hydrogen-bond acceptors (Lipinski definition) is 5. The second-order valence-corrected chi connectivity index (χ2v) is 9.21. The number of nitrogens with two attached hydrogens (primary N) is 1. The van der Waals surface area contributed by atoms with Crippen LogP contribution < -0.4 is 5.73 Å². The maximum Gasteiger partial charge on any atom is 0.194 e. The molecule has 0 atom stereocenters. The molecule has 0 amide bonds. The second-order valence-electron chi connectivity index (χ2n) is 8.26. The average molecular weight is 437 g/mol. The van der Waals surface area contributed by atoms with Crippen molar-refractivity contribution in [3.8, 4) is 16.1 Å². The van der Waals surface area contributed by atoms with Crippen molar-refractivity contribution in [2.24, 2.45) is 4.99 Å². The van der Waals surface area contributed by atoms with Gasteiger partial charge in [0.2, 0.25) is 0 Å². The quantitative estimate of drug-likeness (QED) is 0.420. The number of allylic oxidation sites excluding steroid dienone is 1. The lowest BCUT2D eigenvalue weighted by atomic mass is 10.0. The van der Waals surface area contributed by atoms with E-state index in [9.17, 15) is 4.79 Å². The number of Topliss-reactive ketones (excluding diaryl/α,β-unsaturated/α-hetero) is 1. The number of hydrogen-bond donors (Lipinski definition) is 1. The van der Waals surface area contributed by atoms with E-state index in [0.29, 0.717) is 17.8 Å². The van der Waals surface area contributed by atoms with E-state index in [-0.39, 0.29) is 5.78 Å². The molecule has 2 aromatic heterocycles. The molecular weight excluding hydrogens is 416 g/mol. The Morgan fingerprint density at radius 2 is 2.00 bits per heavy atom. The molecule has 3 heterocycles. The van der Waals surface area contributed by atoms with Gasteiger partial charge in [-0.2, -0.15) is 5.10 Å². The molecule has 6 rings (SSSR count). The normalized spacial score (nSPS) is 14.2. The van der Waals surface area contributed by atoms with Crippen LogP contribution in [0.2, 0.25) is 0 Å². The summed E-state index contributed by atoms with van der Waals surface area (Å²) in [4.78, 5) is 19.1. The number of anilines is 1. The molecule has 2 aliphatic rings. The molecule has 0 bridgehead atoms. The topological polar surface area (TPSA) is 73.3 Å². The van der Waals surface area contributed by atoms with E-state index < -0.39 is 0 Å². The number of ketones is 1. The standard InChI is InChI=1S/C26H20N4OS/c1-15-9-19-13-21(6-7-23(19)29-15)30-26(27)22(14-28-30)25(31)20-10-16-4-5-17(11-18(16)12-20)24-3-2-8-32-24/h2-8,10-11,13-14H,9,12,27H2,1H3. The number of aromatic nitrogens is 2. The minimum absolute atomic E-state index is 0.0667. The van der Waals surface area contributed by atoms with Gasteiger partial charge >= 0.3 is 0 Å². The van der Waals surface area contributed by atoms with Gasteiger partial charge in [-0.15, -0.1) is 11.3 Å². The van der Waals surface area contributed by atoms with Crippen LogP contribution in [0.3, 0.4) is 0 Å². The Balaban J connectivity index is 1.27. The highest BCUT2D eigenvalue weighted by molar-refractivity contribution is 7.13. The molecule has 6 heteroatoms. The van der Waals surface area contributed by atoms with E-state index in [4.69, 9.17) is 5.73 Å². The monoisotopic (exact) mass is 436 g/mol. The molecule has 2 N–H and O–H groups in total. The minimum Gasteiger partial charge on any atom is -0.383 e. The molecule has 1 aliphatic heterocycles. The summed E-state index contributed by atoms with van der Waals surface area (Å²) in [6.07, 6.45) is 4.98. The van der Waals surface area contributed by atoms with Gasteiger partial charge in [0.05, 0.1) is 23.1 Å². The molecule has 5 nitrogen and oxygen atoms in total. The van der Waals surface area contributed by atoms with Crippen molar-refractivity contribution >= 4 is 40.4 Å². The zero-order valence-corrected chi connectivity index (χ0v) is 18.3. The van der Waals surface area contributed by atoms with Gasteiger partial charge in [-0.1, -0.05) is 18.2 Å². The van der Waals surface area contributed by atoms with Gasteiger partial charge in [0, 0.05) is 29.0 Å². The lowest BCUT2D eigenvalue weighted by Crippen LogP contribution is -2.08. The molecule has 2 aromatic carbocycles. The first kappa shape index (κ1) is 19.0. The fourth-order valence-corrected chi connectivity index (χ4v) is 5.20. The predicted octanol–water partition coefficient (Wildman–Crippen LogP) is 5.65. The fraction of sp³-hybridized carbons (Fsp3) is 0.115. The number of nitrogen functional groups attached to an aromatic ring is 1. The van der Waals surface area contributed by atoms with E-state index in [1.165, 1.54) is 16.0 Å². The van der Waals surface area contributed by atoms with E-state index in [1.54, 1.807) is 22.2 Å². The van der Waals surface area contributed by atoms with Crippen LogP contribution in [0, 0.1) is 0 Å². The van der Waals surface area contributed by atoms with Crippen LogP contribution in [-0.4, -0.2) is 21.3 Å². The maximum atomic E-state index is 13.3. The Kier molecular flexibility index (Phi) is 4.23. The average Bonchev–Trinajstić information content (AvgIpc) is 3.57. The number of aliphatic imine (C=N–C) groups is 1. The van der Waals surface area contributed by atoms with Crippen LogP contribution in [-0.2, 0) is 12.8 Å². The van der Waals surface area contributed by atoms with Crippen LogP contribution in [0.5, 0.6) is 0 Å². The Morgan fingerprint density at radius 1 is 1.09 bits per heavy atom. The molecule has 0 unspecified atom stereocenters. The number of nitrogens with zero attached hydrogens (tertiary/aromatic N) is 3. The smallest absolute Gasteiger partial charge is 0.194 e. The van der Waals surface area contributed by atoms with Crippen LogP contribution in [0.4, 0.5) is 11.5 Å². The summed E-state index contributed by atoms with van der Waals surface area (Å²) in [6.45, 7) is 2.02. The van der Waals surface area contributed by atoms with Crippen molar-refractivity contribution in [2.45, 2.75) is 19.8 Å². The van der Waals surface area contributed by atoms with Crippen molar-refractivity contribution in [3.05, 3.63) is 87.9 Å². The van der Waals surface area contributed by atoms with Crippen LogP contribution in [0.15, 0.2) is 70.7 Å². The highest BCUT2D eigenvalue weighted by Crippen LogP contribution is 2.34. The number of benzene rings is 2. The van der Waals surface area contributed by atoms with E-state index >= 15 is 0 Å². The summed E-state index contributed by atoms with van der Waals surface area (Å²) < 4.78 is 1.64. The van der Waals surface area contributed by atoms with Crippen LogP contribution in [0.25, 0.3) is 22.2 Å². The highest BCUT2D eigenvalue weighted by Gasteiger charge is 2.24. The lowest BCUT2D eigenvalue weighted by Gasteiger charge is -2.07. The lowest BCUT2D eigenvalue weighted by molar-refractivity contribution is 0.103. The molecule has 0 fully saturated rings. The SMILES string of the molecule is CC1=Nc2ccc(-n3ncc(C(=O)C4=Cc5ccc(-c6cccs6)cc5C4)c3N)cc2C1. The summed E-state index contributed by atoms with van der Waals surface area (Å²) in [5.74, 6) is 0.296. The van der Waals surface area contributed by atoms with E-state index in [0.717, 1.165) is 40.2 Å². The molecular formula is C26H20N4OS. The number of carbonyl (C=O) groups is 1. The minimum atomic E-state index is -0.0667. The van der Waals surface area contributed by atoms with Gasteiger partial charge in [0.1, 0.15) is 5.82 Å². The van der Waals surface area contributed by atoms with Crippen molar-refractivity contribution in [1.82, 2.24) is 9.78 Å². The van der Waals surface area contributed by atoms with Gasteiger partial charge in [-0.25, -0.2) is 4.68 Å². The van der Waals surface area contributed by atoms with Gasteiger partial charge < -0.3 is 5.73 Å². The maximum absolute atomic E-state index is 13.3. The first-order valence-electron chi connectivity index (χ1n) is 10.5. The third-order valence-corrected chi connectivity index (χ3v) is 6.99. The van der Waals surface area contributed by atoms with Gasteiger partial charge in [0.25, 0.3) is 0 Å². The third-order valence-electron chi connectivity index (χ3n) is 6.07. The van der Waals surface area contributed by atoms with Crippen LogP contribution >= 0.6 is 11.3 Å². The Bertz CT molecular complexity index is 1460. The molecule has 0 saturated carbocycles. The number of thiophene rings is 1. The molecule has 32 heavy (non-hydrogen) atoms. The van der Waals surface area contributed by atoms with Crippen molar-refractivity contribution in [2.75, 3.05) is 5.73 Å². The van der Waals surface area contributed by atoms with Gasteiger partial charge in [-0.3, -0.25) is 9.79 Å². The summed E-state index contributed by atoms with van der Waals surface area (Å²) in [7, 11) is 0. The Hall–Kier alpha value is -3.77. The zero-order chi connectivity index (χ0) is 21.8. The fourth-order valence-electron chi connectivity index (χ4n) is 4.47. The summed E-state index contributed by atoms with van der Waals surface area (Å²) in [5, 5.41) is 6.50.